The van der Waals surface area contributed by atoms with Crippen LogP contribution in [0.3, 0.4) is 0 Å². The van der Waals surface area contributed by atoms with Crippen LogP contribution in [0.25, 0.3) is 0 Å². The average molecular weight is 277 g/mol. The molecule has 2 aromatic rings. The van der Waals surface area contributed by atoms with Crippen molar-refractivity contribution in [2.24, 2.45) is 0 Å². The van der Waals surface area contributed by atoms with E-state index in [-0.39, 0.29) is 11.1 Å². The Balaban J connectivity index is 2.30. The van der Waals surface area contributed by atoms with Crippen molar-refractivity contribution in [3.63, 3.8) is 0 Å². The molecule has 0 unspecified atom stereocenters. The third-order valence-corrected chi connectivity index (χ3v) is 2.87. The van der Waals surface area contributed by atoms with Gasteiger partial charge in [0.25, 0.3) is 5.91 Å². The van der Waals surface area contributed by atoms with Gasteiger partial charge in [-0.25, -0.2) is 4.98 Å². The molecule has 0 fully saturated rings. The van der Waals surface area contributed by atoms with Crippen molar-refractivity contribution in [3.05, 3.63) is 46.0 Å². The minimum Gasteiger partial charge on any atom is -0.319 e. The normalized spacial score (nSPS) is 10.3. The number of halogens is 1. The first kappa shape index (κ1) is 13.4. The molecule has 19 heavy (non-hydrogen) atoms. The van der Waals surface area contributed by atoms with Crippen LogP contribution >= 0.6 is 11.6 Å². The number of carbonyl (C=O) groups excluding carboxylic acids is 1. The van der Waals surface area contributed by atoms with Crippen LogP contribution in [0.1, 0.15) is 27.3 Å². The Morgan fingerprint density at radius 2 is 1.95 bits per heavy atom. The van der Waals surface area contributed by atoms with E-state index < -0.39 is 0 Å². The van der Waals surface area contributed by atoms with Gasteiger partial charge >= 0.3 is 0 Å². The molecule has 5 nitrogen and oxygen atoms in total. The molecule has 2 aromatic heterocycles. The number of amides is 1. The fourth-order valence-corrected chi connectivity index (χ4v) is 1.76. The van der Waals surface area contributed by atoms with Crippen molar-refractivity contribution < 1.29 is 4.79 Å². The second-order valence-electron chi connectivity index (χ2n) is 4.29. The summed E-state index contributed by atoms with van der Waals surface area (Å²) in [4.78, 5) is 16.2. The van der Waals surface area contributed by atoms with Gasteiger partial charge in [0.1, 0.15) is 0 Å². The van der Waals surface area contributed by atoms with E-state index in [4.69, 9.17) is 11.6 Å². The summed E-state index contributed by atoms with van der Waals surface area (Å²) >= 11 is 5.95. The Hall–Kier alpha value is -2.01. The fraction of sp³-hybridized carbons (Fsp3) is 0.231. The molecule has 1 amide bonds. The van der Waals surface area contributed by atoms with E-state index in [2.05, 4.69) is 20.5 Å². The van der Waals surface area contributed by atoms with Crippen molar-refractivity contribution in [2.45, 2.75) is 20.8 Å². The van der Waals surface area contributed by atoms with Crippen LogP contribution in [0.4, 0.5) is 5.69 Å². The van der Waals surface area contributed by atoms with E-state index in [1.165, 1.54) is 0 Å². The Morgan fingerprint density at radius 1 is 1.21 bits per heavy atom. The first-order valence-corrected chi connectivity index (χ1v) is 6.09. The monoisotopic (exact) mass is 276 g/mol. The molecular weight excluding hydrogens is 264 g/mol. The van der Waals surface area contributed by atoms with Crippen molar-refractivity contribution in [1.29, 1.82) is 0 Å². The van der Waals surface area contributed by atoms with Crippen LogP contribution in [0.2, 0.25) is 5.15 Å². The Morgan fingerprint density at radius 3 is 2.68 bits per heavy atom. The second kappa shape index (κ2) is 5.32. The van der Waals surface area contributed by atoms with Gasteiger partial charge in [-0.05, 0) is 38.5 Å². The minimum absolute atomic E-state index is 0.260. The third kappa shape index (κ3) is 3.06. The maximum absolute atomic E-state index is 12.2. The molecular formula is C13H13ClN4O. The first-order chi connectivity index (χ1) is 8.97. The van der Waals surface area contributed by atoms with Gasteiger partial charge in [-0.2, -0.15) is 10.2 Å². The lowest BCUT2D eigenvalue weighted by atomic mass is 10.2. The molecule has 0 spiro atoms. The van der Waals surface area contributed by atoms with Crippen molar-refractivity contribution in [3.8, 4) is 0 Å². The molecule has 2 heterocycles. The largest absolute Gasteiger partial charge is 0.319 e. The van der Waals surface area contributed by atoms with Crippen LogP contribution in [0, 0.1) is 20.8 Å². The summed E-state index contributed by atoms with van der Waals surface area (Å²) < 4.78 is 0. The highest BCUT2D eigenvalue weighted by molar-refractivity contribution is 6.32. The molecule has 0 radical (unpaired) electrons. The SMILES string of the molecule is Cc1cnc(Cl)c(NC(=O)c2cc(C)nnc2C)c1. The maximum Gasteiger partial charge on any atom is 0.257 e. The number of rotatable bonds is 2. The van der Waals surface area contributed by atoms with Crippen LogP contribution in [0.5, 0.6) is 0 Å². The lowest BCUT2D eigenvalue weighted by molar-refractivity contribution is 0.102. The van der Waals surface area contributed by atoms with E-state index in [1.54, 1.807) is 32.2 Å². The van der Waals surface area contributed by atoms with Gasteiger partial charge in [-0.15, -0.1) is 0 Å². The fourth-order valence-electron chi connectivity index (χ4n) is 1.61. The number of pyridine rings is 1. The lowest BCUT2D eigenvalue weighted by Crippen LogP contribution is -2.15. The van der Waals surface area contributed by atoms with E-state index in [0.29, 0.717) is 22.6 Å². The number of carbonyl (C=O) groups is 1. The Kier molecular flexibility index (Phi) is 3.76. The van der Waals surface area contributed by atoms with E-state index in [1.807, 2.05) is 6.92 Å². The maximum atomic E-state index is 12.2. The average Bonchev–Trinajstić information content (AvgIpc) is 2.36. The highest BCUT2D eigenvalue weighted by atomic mass is 35.5. The van der Waals surface area contributed by atoms with Gasteiger partial charge in [0.05, 0.1) is 22.6 Å². The minimum atomic E-state index is -0.273. The van der Waals surface area contributed by atoms with E-state index in [9.17, 15) is 4.79 Å². The number of hydrogen-bond donors (Lipinski definition) is 1. The van der Waals surface area contributed by atoms with Crippen LogP contribution in [0.15, 0.2) is 18.3 Å². The molecule has 0 aliphatic rings. The standard InChI is InChI=1S/C13H13ClN4O/c1-7-4-11(12(14)15-6-7)16-13(19)10-5-8(2)17-18-9(10)3/h4-6H,1-3H3,(H,16,19). The second-order valence-corrected chi connectivity index (χ2v) is 4.65. The molecule has 0 aromatic carbocycles. The molecule has 98 valence electrons. The molecule has 6 heteroatoms. The van der Waals surface area contributed by atoms with Crippen LogP contribution in [-0.4, -0.2) is 21.1 Å². The van der Waals surface area contributed by atoms with Gasteiger partial charge in [0.2, 0.25) is 0 Å². The molecule has 0 bridgehead atoms. The van der Waals surface area contributed by atoms with Gasteiger partial charge in [-0.3, -0.25) is 4.79 Å². The third-order valence-electron chi connectivity index (χ3n) is 2.57. The number of anilines is 1. The Bertz CT molecular complexity index is 643. The van der Waals surface area contributed by atoms with Gasteiger partial charge in [0, 0.05) is 6.20 Å². The Labute approximate surface area is 116 Å². The summed E-state index contributed by atoms with van der Waals surface area (Å²) in [6.45, 7) is 5.39. The highest BCUT2D eigenvalue weighted by Gasteiger charge is 2.13. The number of nitrogens with zero attached hydrogens (tertiary/aromatic N) is 3. The molecule has 2 rings (SSSR count). The zero-order valence-electron chi connectivity index (χ0n) is 10.9. The van der Waals surface area contributed by atoms with Crippen LogP contribution < -0.4 is 5.32 Å². The number of hydrogen-bond acceptors (Lipinski definition) is 4. The van der Waals surface area contributed by atoms with Crippen LogP contribution in [-0.2, 0) is 0 Å². The van der Waals surface area contributed by atoms with Crippen molar-refractivity contribution in [1.82, 2.24) is 15.2 Å². The summed E-state index contributed by atoms with van der Waals surface area (Å²) in [7, 11) is 0. The summed E-state index contributed by atoms with van der Waals surface area (Å²) in [6.07, 6.45) is 1.64. The highest BCUT2D eigenvalue weighted by Crippen LogP contribution is 2.21. The quantitative estimate of drug-likeness (QED) is 0.857. The topological polar surface area (TPSA) is 67.8 Å². The predicted molar refractivity (Wildman–Crippen MR) is 73.4 cm³/mol. The molecule has 1 N–H and O–H groups in total. The first-order valence-electron chi connectivity index (χ1n) is 5.72. The number of nitrogens with one attached hydrogen (secondary N) is 1. The summed E-state index contributed by atoms with van der Waals surface area (Å²) in [6, 6.07) is 3.46. The van der Waals surface area contributed by atoms with Crippen molar-refractivity contribution >= 4 is 23.2 Å². The molecule has 0 aliphatic carbocycles. The lowest BCUT2D eigenvalue weighted by Gasteiger charge is -2.09. The zero-order chi connectivity index (χ0) is 14.0. The molecule has 0 atom stereocenters. The van der Waals surface area contributed by atoms with Gasteiger partial charge in [-0.1, -0.05) is 11.6 Å². The summed E-state index contributed by atoms with van der Waals surface area (Å²) in [5.41, 5.74) is 3.13. The smallest absolute Gasteiger partial charge is 0.257 e. The predicted octanol–water partition coefficient (Wildman–Crippen LogP) is 2.70. The molecule has 0 aliphatic heterocycles. The number of aryl methyl sites for hydroxylation is 3. The van der Waals surface area contributed by atoms with E-state index >= 15 is 0 Å². The molecule has 0 saturated heterocycles. The molecule has 0 saturated carbocycles. The zero-order valence-corrected chi connectivity index (χ0v) is 11.6. The number of aromatic nitrogens is 3. The summed E-state index contributed by atoms with van der Waals surface area (Å²) in [5, 5.41) is 10.8. The van der Waals surface area contributed by atoms with Gasteiger partial charge < -0.3 is 5.32 Å². The summed E-state index contributed by atoms with van der Waals surface area (Å²) in [5.74, 6) is -0.273. The van der Waals surface area contributed by atoms with Gasteiger partial charge in [0.15, 0.2) is 5.15 Å². The van der Waals surface area contributed by atoms with E-state index in [0.717, 1.165) is 5.56 Å². The van der Waals surface area contributed by atoms with Crippen molar-refractivity contribution in [2.75, 3.05) is 5.32 Å².